The highest BCUT2D eigenvalue weighted by Crippen LogP contribution is 2.33. The van der Waals surface area contributed by atoms with Gasteiger partial charge in [0.05, 0.1) is 15.3 Å². The normalized spacial score (nSPS) is 14.0. The second-order valence-electron chi connectivity index (χ2n) is 13.8. The number of benzene rings is 5. The fourth-order valence-electron chi connectivity index (χ4n) is 6.91. The van der Waals surface area contributed by atoms with Gasteiger partial charge in [0, 0.05) is 71.6 Å². The summed E-state index contributed by atoms with van der Waals surface area (Å²) >= 11 is 8.07. The molecule has 57 heavy (non-hydrogen) atoms. The van der Waals surface area contributed by atoms with Crippen LogP contribution in [0.3, 0.4) is 0 Å². The molecule has 0 amide bonds. The van der Waals surface area contributed by atoms with E-state index in [-0.39, 0.29) is 28.1 Å². The molecule has 0 spiro atoms. The summed E-state index contributed by atoms with van der Waals surface area (Å²) < 4.78 is 30.0. The minimum Gasteiger partial charge on any atom is -0.376 e. The number of hydrogen-bond donors (Lipinski definition) is 3. The number of anilines is 3. The average Bonchev–Trinajstić information content (AvgIpc) is 3.22. The van der Waals surface area contributed by atoms with E-state index in [1.165, 1.54) is 29.6 Å². The van der Waals surface area contributed by atoms with Crippen LogP contribution in [-0.4, -0.2) is 79.8 Å². The lowest BCUT2D eigenvalue weighted by molar-refractivity contribution is -0.384. The first-order valence-electron chi connectivity index (χ1n) is 18.6. The lowest BCUT2D eigenvalue weighted by Crippen LogP contribution is -2.46. The van der Waals surface area contributed by atoms with Crippen molar-refractivity contribution in [3.8, 4) is 11.1 Å². The highest BCUT2D eigenvalue weighted by Gasteiger charge is 2.25. The minimum atomic E-state index is -4.26. The molecule has 0 saturated carbocycles. The van der Waals surface area contributed by atoms with Crippen LogP contribution in [0.5, 0.6) is 0 Å². The van der Waals surface area contributed by atoms with Crippen LogP contribution in [-0.2, 0) is 16.6 Å². The molecule has 12 nitrogen and oxygen atoms in total. The third kappa shape index (κ3) is 10.0. The number of hydrogen-bond acceptors (Lipinski definition) is 11. The van der Waals surface area contributed by atoms with Crippen molar-refractivity contribution in [1.82, 2.24) is 20.2 Å². The molecular formula is C42H43ClN8O4S2. The van der Waals surface area contributed by atoms with Gasteiger partial charge in [0.15, 0.2) is 5.82 Å². The lowest BCUT2D eigenvalue weighted by atomic mass is 9.99. The summed E-state index contributed by atoms with van der Waals surface area (Å²) in [5.41, 5.74) is 4.97. The Kier molecular flexibility index (Phi) is 12.9. The SMILES string of the molecule is CNCCC(CSc1ccccc1)Nc1ccc(S(=O)(=O)Nc2ncnc3cc(N4CCN(Cc5cc(Cl)ccc5-c5ccccc5)CC4)ccc23)cc1[N+](=O)[O-]. The van der Waals surface area contributed by atoms with Crippen LogP contribution in [0.4, 0.5) is 22.9 Å². The van der Waals surface area contributed by atoms with Gasteiger partial charge in [-0.25, -0.2) is 18.4 Å². The van der Waals surface area contributed by atoms with Crippen LogP contribution >= 0.6 is 23.4 Å². The highest BCUT2D eigenvalue weighted by atomic mass is 35.5. The second kappa shape index (κ2) is 18.3. The van der Waals surface area contributed by atoms with E-state index in [4.69, 9.17) is 11.6 Å². The Morgan fingerprint density at radius 1 is 0.895 bits per heavy atom. The molecule has 0 radical (unpaired) electrons. The molecule has 5 aromatic carbocycles. The molecule has 1 atom stereocenters. The largest absolute Gasteiger partial charge is 0.376 e. The molecular weight excluding hydrogens is 780 g/mol. The average molecular weight is 823 g/mol. The topological polar surface area (TPSA) is 146 Å². The minimum absolute atomic E-state index is 0.0852. The van der Waals surface area contributed by atoms with Crippen molar-refractivity contribution in [1.29, 1.82) is 0 Å². The van der Waals surface area contributed by atoms with E-state index in [1.54, 1.807) is 17.8 Å². The molecule has 0 aliphatic carbocycles. The second-order valence-corrected chi connectivity index (χ2v) is 17.0. The number of rotatable bonds is 16. The zero-order chi connectivity index (χ0) is 39.8. The molecule has 1 fully saturated rings. The summed E-state index contributed by atoms with van der Waals surface area (Å²) in [5.74, 6) is 0.741. The number of aromatic nitrogens is 2. The molecule has 3 N–H and O–H groups in total. The van der Waals surface area contributed by atoms with Crippen molar-refractivity contribution in [2.45, 2.75) is 28.8 Å². The van der Waals surface area contributed by atoms with E-state index in [1.807, 2.05) is 73.8 Å². The third-order valence-electron chi connectivity index (χ3n) is 9.91. The Morgan fingerprint density at radius 2 is 1.65 bits per heavy atom. The van der Waals surface area contributed by atoms with Crippen molar-refractivity contribution in [2.75, 3.05) is 60.5 Å². The zero-order valence-electron chi connectivity index (χ0n) is 31.3. The Labute approximate surface area is 341 Å². The molecule has 6 aromatic rings. The summed E-state index contributed by atoms with van der Waals surface area (Å²) in [6.07, 6.45) is 2.01. The van der Waals surface area contributed by atoms with Crippen LogP contribution in [0.1, 0.15) is 12.0 Å². The van der Waals surface area contributed by atoms with Gasteiger partial charge in [0.2, 0.25) is 0 Å². The Hall–Kier alpha value is -5.25. The molecule has 15 heteroatoms. The van der Waals surface area contributed by atoms with Crippen molar-refractivity contribution in [3.63, 3.8) is 0 Å². The summed E-state index contributed by atoms with van der Waals surface area (Å²) in [7, 11) is -2.41. The molecule has 1 aromatic heterocycles. The fraction of sp³-hybridized carbons (Fsp3) is 0.238. The van der Waals surface area contributed by atoms with Gasteiger partial charge in [0.25, 0.3) is 15.7 Å². The van der Waals surface area contributed by atoms with E-state index >= 15 is 0 Å². The number of nitro groups is 1. The maximum atomic E-state index is 13.7. The molecule has 294 valence electrons. The summed E-state index contributed by atoms with van der Waals surface area (Å²) in [6, 6.07) is 35.8. The number of halogens is 1. The van der Waals surface area contributed by atoms with E-state index < -0.39 is 14.9 Å². The van der Waals surface area contributed by atoms with Gasteiger partial charge in [-0.15, -0.1) is 11.8 Å². The number of nitrogens with one attached hydrogen (secondary N) is 3. The lowest BCUT2D eigenvalue weighted by Gasteiger charge is -2.36. The monoisotopic (exact) mass is 822 g/mol. The number of nitrogens with zero attached hydrogens (tertiary/aromatic N) is 5. The maximum Gasteiger partial charge on any atom is 0.293 e. The first-order chi connectivity index (χ1) is 27.7. The van der Waals surface area contributed by atoms with E-state index in [9.17, 15) is 18.5 Å². The van der Waals surface area contributed by atoms with Crippen LogP contribution in [0.25, 0.3) is 22.0 Å². The molecule has 1 aliphatic rings. The Bertz CT molecular complexity index is 2440. The highest BCUT2D eigenvalue weighted by molar-refractivity contribution is 7.99. The van der Waals surface area contributed by atoms with Crippen molar-refractivity contribution >= 4 is 67.2 Å². The fourth-order valence-corrected chi connectivity index (χ4v) is 9.15. The molecule has 1 saturated heterocycles. The predicted octanol–water partition coefficient (Wildman–Crippen LogP) is 8.16. The summed E-state index contributed by atoms with van der Waals surface area (Å²) in [5, 5.41) is 19.9. The quantitative estimate of drug-likeness (QED) is 0.0494. The molecule has 0 bridgehead atoms. The number of fused-ring (bicyclic) bond motifs is 1. The van der Waals surface area contributed by atoms with Gasteiger partial charge < -0.3 is 15.5 Å². The van der Waals surface area contributed by atoms with E-state index in [0.717, 1.165) is 54.9 Å². The zero-order valence-corrected chi connectivity index (χ0v) is 33.7. The predicted molar refractivity (Wildman–Crippen MR) is 231 cm³/mol. The Morgan fingerprint density at radius 3 is 2.39 bits per heavy atom. The summed E-state index contributed by atoms with van der Waals surface area (Å²) in [4.78, 5) is 25.9. The van der Waals surface area contributed by atoms with Crippen LogP contribution in [0.15, 0.2) is 131 Å². The smallest absolute Gasteiger partial charge is 0.293 e. The van der Waals surface area contributed by atoms with E-state index in [2.05, 4.69) is 59.4 Å². The maximum absolute atomic E-state index is 13.7. The van der Waals surface area contributed by atoms with Gasteiger partial charge in [-0.1, -0.05) is 66.2 Å². The van der Waals surface area contributed by atoms with Gasteiger partial charge in [-0.3, -0.25) is 19.7 Å². The molecule has 2 heterocycles. The van der Waals surface area contributed by atoms with Gasteiger partial charge >= 0.3 is 0 Å². The Balaban J connectivity index is 1.03. The van der Waals surface area contributed by atoms with Gasteiger partial charge in [-0.05, 0) is 91.3 Å². The first kappa shape index (κ1) is 40.0. The number of piperazine rings is 1. The standard InChI is InChI=1S/C42H43ClN8O4S2/c1-44-19-18-33(28-56-35-10-6-3-7-11-35)47-39-17-14-36(26-41(39)51(52)53)57(54,55)48-42-38-16-13-34(25-40(38)45-29-46-42)50-22-20-49(21-23-50)27-31-24-32(43)12-15-37(31)30-8-4-2-5-9-30/h2-17,24-26,29,33,44,47H,18-23,27-28H2,1H3,(H,45,46,48). The number of nitro benzene ring substituents is 1. The van der Waals surface area contributed by atoms with Gasteiger partial charge in [0.1, 0.15) is 12.0 Å². The molecule has 1 aliphatic heterocycles. The van der Waals surface area contributed by atoms with E-state index in [0.29, 0.717) is 34.6 Å². The van der Waals surface area contributed by atoms with Crippen LogP contribution < -0.4 is 20.3 Å². The van der Waals surface area contributed by atoms with Crippen molar-refractivity contribution in [2.24, 2.45) is 0 Å². The van der Waals surface area contributed by atoms with Crippen molar-refractivity contribution in [3.05, 3.63) is 142 Å². The number of thioether (sulfide) groups is 1. The van der Waals surface area contributed by atoms with Gasteiger partial charge in [-0.2, -0.15) is 0 Å². The van der Waals surface area contributed by atoms with Crippen molar-refractivity contribution < 1.29 is 13.3 Å². The molecule has 7 rings (SSSR count). The number of sulfonamides is 1. The van der Waals surface area contributed by atoms with Crippen LogP contribution in [0.2, 0.25) is 5.02 Å². The first-order valence-corrected chi connectivity index (χ1v) is 21.5. The van der Waals surface area contributed by atoms with Crippen LogP contribution in [0, 0.1) is 10.1 Å². The third-order valence-corrected chi connectivity index (χ3v) is 12.7. The molecule has 1 unspecified atom stereocenters. The summed E-state index contributed by atoms with van der Waals surface area (Å²) in [6.45, 7) is 4.75.